The Morgan fingerprint density at radius 1 is 1.38 bits per heavy atom. The van der Waals surface area contributed by atoms with Crippen molar-refractivity contribution in [2.45, 2.75) is 18.8 Å². The standard InChI is InChI=1S/C10H13O3/c11-7-9-5-6-12-10(13-9)8-3-1-2-4-8/h1-4,9-11H,5-7H2/t9-,10-/m0/s1. The predicted octanol–water partition coefficient (Wildman–Crippen LogP) is 0.516. The molecule has 2 fully saturated rings. The topological polar surface area (TPSA) is 38.7 Å². The zero-order chi connectivity index (χ0) is 9.10. The summed E-state index contributed by atoms with van der Waals surface area (Å²) in [5, 5.41) is 8.93. The number of aliphatic hydroxyl groups excluding tert-OH is 1. The molecule has 0 amide bonds. The molecule has 0 aromatic rings. The summed E-state index contributed by atoms with van der Waals surface area (Å²) < 4.78 is 10.9. The van der Waals surface area contributed by atoms with E-state index in [9.17, 15) is 0 Å². The summed E-state index contributed by atoms with van der Waals surface area (Å²) >= 11 is 0. The maximum Gasteiger partial charge on any atom is 0.164 e. The Labute approximate surface area is 79.0 Å². The van der Waals surface area contributed by atoms with Gasteiger partial charge >= 0.3 is 0 Å². The van der Waals surface area contributed by atoms with Gasteiger partial charge in [0.15, 0.2) is 6.29 Å². The molecule has 1 N–H and O–H groups in total. The molecule has 13 heavy (non-hydrogen) atoms. The van der Waals surface area contributed by atoms with Gasteiger partial charge in [0, 0.05) is 5.92 Å². The van der Waals surface area contributed by atoms with Gasteiger partial charge in [-0.15, -0.1) is 0 Å². The highest BCUT2D eigenvalue weighted by molar-refractivity contribution is 5.36. The van der Waals surface area contributed by atoms with Crippen molar-refractivity contribution >= 4 is 0 Å². The van der Waals surface area contributed by atoms with Crippen LogP contribution in [0.3, 0.4) is 0 Å². The van der Waals surface area contributed by atoms with Gasteiger partial charge < -0.3 is 14.6 Å². The molecule has 0 aromatic heterocycles. The summed E-state index contributed by atoms with van der Waals surface area (Å²) in [6.07, 6.45) is 8.23. The first-order valence-electron chi connectivity index (χ1n) is 4.49. The molecule has 0 aromatic carbocycles. The second kappa shape index (κ2) is 4.40. The van der Waals surface area contributed by atoms with E-state index in [2.05, 4.69) is 0 Å². The first-order chi connectivity index (χ1) is 6.40. The van der Waals surface area contributed by atoms with Gasteiger partial charge in [0.05, 0.1) is 19.3 Å². The third kappa shape index (κ3) is 2.22. The van der Waals surface area contributed by atoms with E-state index in [1.165, 1.54) is 0 Å². The molecule has 2 rings (SSSR count). The summed E-state index contributed by atoms with van der Waals surface area (Å²) in [5.74, 6) is 1.03. The second-order valence-electron chi connectivity index (χ2n) is 3.15. The van der Waals surface area contributed by atoms with E-state index in [0.29, 0.717) is 6.61 Å². The SMILES string of the molecule is OC[C@@H]1CCO[C@H]([C]2[CH][CH][CH][CH]2)O1. The highest BCUT2D eigenvalue weighted by atomic mass is 16.7. The Kier molecular flexibility index (Phi) is 3.19. The lowest BCUT2D eigenvalue weighted by atomic mass is 10.1. The van der Waals surface area contributed by atoms with Gasteiger partial charge in [0.2, 0.25) is 0 Å². The van der Waals surface area contributed by atoms with E-state index in [4.69, 9.17) is 14.6 Å². The van der Waals surface area contributed by atoms with Crippen LogP contribution in [-0.4, -0.2) is 30.7 Å². The Morgan fingerprint density at radius 3 is 2.85 bits per heavy atom. The number of aliphatic hydroxyl groups is 1. The highest BCUT2D eigenvalue weighted by Crippen LogP contribution is 2.31. The Hall–Kier alpha value is -0.120. The molecule has 2 atom stereocenters. The molecule has 5 radical (unpaired) electrons. The Bertz CT molecular complexity index is 154. The van der Waals surface area contributed by atoms with Crippen molar-refractivity contribution in [1.82, 2.24) is 0 Å². The van der Waals surface area contributed by atoms with Crippen LogP contribution in [0.2, 0.25) is 0 Å². The van der Waals surface area contributed by atoms with Crippen LogP contribution in [0.1, 0.15) is 6.42 Å². The summed E-state index contributed by atoms with van der Waals surface area (Å²) in [6, 6.07) is 0. The van der Waals surface area contributed by atoms with Crippen molar-refractivity contribution in [1.29, 1.82) is 0 Å². The molecule has 0 bridgehead atoms. The van der Waals surface area contributed by atoms with E-state index in [-0.39, 0.29) is 19.0 Å². The first kappa shape index (κ1) is 9.44. The second-order valence-corrected chi connectivity index (χ2v) is 3.15. The van der Waals surface area contributed by atoms with Gasteiger partial charge in [0.1, 0.15) is 0 Å². The number of hydrogen-bond donors (Lipinski definition) is 1. The van der Waals surface area contributed by atoms with Crippen LogP contribution in [0.15, 0.2) is 0 Å². The van der Waals surface area contributed by atoms with Crippen molar-refractivity contribution in [2.75, 3.05) is 13.2 Å². The van der Waals surface area contributed by atoms with Crippen LogP contribution in [-0.2, 0) is 9.47 Å². The van der Waals surface area contributed by atoms with Crippen LogP contribution in [0.25, 0.3) is 0 Å². The van der Waals surface area contributed by atoms with Gasteiger partial charge in [-0.05, 0) is 32.1 Å². The zero-order valence-electron chi connectivity index (χ0n) is 7.35. The van der Waals surface area contributed by atoms with Crippen molar-refractivity contribution in [2.24, 2.45) is 0 Å². The normalized spacial score (nSPS) is 36.7. The average molecular weight is 181 g/mol. The molecule has 1 aliphatic heterocycles. The molecule has 1 saturated carbocycles. The van der Waals surface area contributed by atoms with Crippen LogP contribution < -0.4 is 0 Å². The molecule has 1 aliphatic carbocycles. The average Bonchev–Trinajstić information content (AvgIpc) is 2.71. The molecular weight excluding hydrogens is 168 g/mol. The lowest BCUT2D eigenvalue weighted by Crippen LogP contribution is -2.37. The molecular formula is C10H13O3. The van der Waals surface area contributed by atoms with Crippen LogP contribution >= 0.6 is 0 Å². The van der Waals surface area contributed by atoms with Crippen molar-refractivity contribution in [3.8, 4) is 0 Å². The lowest BCUT2D eigenvalue weighted by molar-refractivity contribution is -0.207. The molecule has 1 heterocycles. The summed E-state index contributed by atoms with van der Waals surface area (Å²) in [7, 11) is 0. The van der Waals surface area contributed by atoms with Crippen LogP contribution in [0, 0.1) is 31.6 Å². The van der Waals surface area contributed by atoms with Gasteiger partial charge in [-0.3, -0.25) is 0 Å². The first-order valence-corrected chi connectivity index (χ1v) is 4.49. The van der Waals surface area contributed by atoms with Crippen molar-refractivity contribution in [3.05, 3.63) is 31.6 Å². The minimum Gasteiger partial charge on any atom is -0.394 e. The van der Waals surface area contributed by atoms with E-state index in [1.54, 1.807) is 0 Å². The minimum atomic E-state index is -0.291. The fourth-order valence-corrected chi connectivity index (χ4v) is 1.44. The quantitative estimate of drug-likeness (QED) is 0.674. The maximum absolute atomic E-state index is 8.93. The maximum atomic E-state index is 8.93. The molecule has 3 nitrogen and oxygen atoms in total. The van der Waals surface area contributed by atoms with E-state index in [1.807, 2.05) is 25.7 Å². The van der Waals surface area contributed by atoms with Gasteiger partial charge in [-0.1, -0.05) is 0 Å². The fraction of sp³-hybridized carbons (Fsp3) is 0.500. The predicted molar refractivity (Wildman–Crippen MR) is 46.8 cm³/mol. The van der Waals surface area contributed by atoms with Gasteiger partial charge in [-0.2, -0.15) is 0 Å². The van der Waals surface area contributed by atoms with Gasteiger partial charge in [0.25, 0.3) is 0 Å². The van der Waals surface area contributed by atoms with E-state index < -0.39 is 0 Å². The van der Waals surface area contributed by atoms with Crippen molar-refractivity contribution < 1.29 is 14.6 Å². The molecule has 2 aliphatic rings. The number of rotatable bonds is 2. The zero-order valence-corrected chi connectivity index (χ0v) is 7.35. The van der Waals surface area contributed by atoms with Crippen LogP contribution in [0.5, 0.6) is 0 Å². The molecule has 1 saturated heterocycles. The molecule has 3 heteroatoms. The molecule has 0 spiro atoms. The largest absolute Gasteiger partial charge is 0.394 e. The fourth-order valence-electron chi connectivity index (χ4n) is 1.44. The van der Waals surface area contributed by atoms with Gasteiger partial charge in [-0.25, -0.2) is 0 Å². The van der Waals surface area contributed by atoms with Crippen LogP contribution in [0.4, 0.5) is 0 Å². The number of hydrogen-bond acceptors (Lipinski definition) is 3. The number of ether oxygens (including phenoxy) is 2. The smallest absolute Gasteiger partial charge is 0.164 e. The molecule has 71 valence electrons. The minimum absolute atomic E-state index is 0.0700. The summed E-state index contributed by atoms with van der Waals surface area (Å²) in [5.41, 5.74) is 0. The monoisotopic (exact) mass is 181 g/mol. The Morgan fingerprint density at radius 2 is 2.15 bits per heavy atom. The highest BCUT2D eigenvalue weighted by Gasteiger charge is 2.32. The summed E-state index contributed by atoms with van der Waals surface area (Å²) in [6.45, 7) is 0.724. The third-order valence-electron chi connectivity index (χ3n) is 2.19. The third-order valence-corrected chi connectivity index (χ3v) is 2.19. The Balaban J connectivity index is 1.84. The molecule has 0 unspecified atom stereocenters. The van der Waals surface area contributed by atoms with E-state index in [0.717, 1.165) is 12.3 Å². The lowest BCUT2D eigenvalue weighted by Gasteiger charge is -2.32. The van der Waals surface area contributed by atoms with E-state index >= 15 is 0 Å². The summed E-state index contributed by atoms with van der Waals surface area (Å²) in [4.78, 5) is 0. The van der Waals surface area contributed by atoms with Crippen molar-refractivity contribution in [3.63, 3.8) is 0 Å².